The highest BCUT2D eigenvalue weighted by molar-refractivity contribution is 7.89. The van der Waals surface area contributed by atoms with Crippen molar-refractivity contribution in [3.63, 3.8) is 0 Å². The second kappa shape index (κ2) is 6.44. The second-order valence-corrected chi connectivity index (χ2v) is 8.17. The fourth-order valence-electron chi connectivity index (χ4n) is 3.03. The lowest BCUT2D eigenvalue weighted by atomic mass is 10.1. The molecule has 132 valence electrons. The molecule has 0 atom stereocenters. The molecule has 0 aliphatic carbocycles. The third-order valence-corrected chi connectivity index (χ3v) is 6.36. The van der Waals surface area contributed by atoms with Crippen LogP contribution in [0.25, 0.3) is 0 Å². The van der Waals surface area contributed by atoms with E-state index in [-0.39, 0.29) is 10.8 Å². The first kappa shape index (κ1) is 17.3. The van der Waals surface area contributed by atoms with Crippen LogP contribution in [0.15, 0.2) is 29.2 Å². The zero-order valence-corrected chi connectivity index (χ0v) is 14.7. The summed E-state index contributed by atoms with van der Waals surface area (Å²) in [7, 11) is -0.261. The molecule has 0 N–H and O–H groups in total. The van der Waals surface area contributed by atoms with E-state index in [1.807, 2.05) is 0 Å². The molecule has 24 heavy (non-hydrogen) atoms. The Hall–Kier alpha value is -1.48. The highest BCUT2D eigenvalue weighted by atomic mass is 32.2. The van der Waals surface area contributed by atoms with E-state index in [9.17, 15) is 13.2 Å². The molecule has 2 heterocycles. The number of rotatable bonds is 3. The van der Waals surface area contributed by atoms with Gasteiger partial charge in [0, 0.05) is 45.6 Å². The van der Waals surface area contributed by atoms with E-state index in [1.54, 1.807) is 26.2 Å². The van der Waals surface area contributed by atoms with E-state index >= 15 is 0 Å². The average molecular weight is 354 g/mol. The van der Waals surface area contributed by atoms with E-state index in [0.29, 0.717) is 44.7 Å². The van der Waals surface area contributed by atoms with Crippen molar-refractivity contribution in [3.8, 4) is 0 Å². The lowest BCUT2D eigenvalue weighted by molar-refractivity contribution is -0.179. The van der Waals surface area contributed by atoms with Crippen molar-refractivity contribution in [1.82, 2.24) is 9.21 Å². The Morgan fingerprint density at radius 2 is 1.62 bits per heavy atom. The van der Waals surface area contributed by atoms with Crippen molar-refractivity contribution in [2.75, 3.05) is 40.4 Å². The summed E-state index contributed by atoms with van der Waals surface area (Å²) in [5, 5.41) is 0. The molecule has 0 radical (unpaired) electrons. The molecule has 1 amide bonds. The molecule has 3 rings (SSSR count). The SMILES string of the molecule is CN(C)C(=O)c1ccc(S(=O)(=O)N2CCC3(CC2)OCCO3)cc1. The van der Waals surface area contributed by atoms with Gasteiger partial charge >= 0.3 is 0 Å². The number of hydrogen-bond acceptors (Lipinski definition) is 5. The van der Waals surface area contributed by atoms with Gasteiger partial charge in [-0.3, -0.25) is 4.79 Å². The average Bonchev–Trinajstić information content (AvgIpc) is 3.02. The Morgan fingerprint density at radius 3 is 2.12 bits per heavy atom. The summed E-state index contributed by atoms with van der Waals surface area (Å²) in [5.41, 5.74) is 0.462. The third-order valence-electron chi connectivity index (χ3n) is 4.44. The first-order chi connectivity index (χ1) is 11.3. The molecule has 0 unspecified atom stereocenters. The van der Waals surface area contributed by atoms with Crippen LogP contribution in [0, 0.1) is 0 Å². The summed E-state index contributed by atoms with van der Waals surface area (Å²) in [5.74, 6) is -0.761. The number of hydrogen-bond donors (Lipinski definition) is 0. The monoisotopic (exact) mass is 354 g/mol. The highest BCUT2D eigenvalue weighted by Crippen LogP contribution is 2.33. The van der Waals surface area contributed by atoms with Gasteiger partial charge in [-0.15, -0.1) is 0 Å². The summed E-state index contributed by atoms with van der Waals surface area (Å²) >= 11 is 0. The Balaban J connectivity index is 1.73. The van der Waals surface area contributed by atoms with Gasteiger partial charge in [0.15, 0.2) is 5.79 Å². The van der Waals surface area contributed by atoms with Gasteiger partial charge in [-0.2, -0.15) is 4.31 Å². The first-order valence-electron chi connectivity index (χ1n) is 7.94. The molecule has 0 aromatic heterocycles. The maximum absolute atomic E-state index is 12.8. The molecule has 1 aromatic rings. The van der Waals surface area contributed by atoms with E-state index in [2.05, 4.69) is 0 Å². The van der Waals surface area contributed by atoms with Crippen molar-refractivity contribution in [2.24, 2.45) is 0 Å². The van der Waals surface area contributed by atoms with E-state index in [0.717, 1.165) is 0 Å². The standard InChI is InChI=1S/C16H22N2O5S/c1-17(2)15(19)13-3-5-14(6-4-13)24(20,21)18-9-7-16(8-10-18)22-11-12-23-16/h3-6H,7-12H2,1-2H3. The van der Waals surface area contributed by atoms with Crippen LogP contribution >= 0.6 is 0 Å². The zero-order valence-electron chi connectivity index (χ0n) is 13.9. The maximum atomic E-state index is 12.8. The molecule has 2 aliphatic rings. The summed E-state index contributed by atoms with van der Waals surface area (Å²) in [6, 6.07) is 6.06. The molecule has 0 saturated carbocycles. The van der Waals surface area contributed by atoms with Gasteiger partial charge in [-0.25, -0.2) is 8.42 Å². The molecule has 2 saturated heterocycles. The smallest absolute Gasteiger partial charge is 0.253 e. The fourth-order valence-corrected chi connectivity index (χ4v) is 4.47. The Morgan fingerprint density at radius 1 is 1.08 bits per heavy atom. The number of carbonyl (C=O) groups excluding carboxylic acids is 1. The number of benzene rings is 1. The van der Waals surface area contributed by atoms with Gasteiger partial charge in [0.1, 0.15) is 0 Å². The molecular weight excluding hydrogens is 332 g/mol. The minimum atomic E-state index is -3.57. The van der Waals surface area contributed by atoms with E-state index in [4.69, 9.17) is 9.47 Å². The summed E-state index contributed by atoms with van der Waals surface area (Å²) in [6.45, 7) is 1.85. The quantitative estimate of drug-likeness (QED) is 0.807. The van der Waals surface area contributed by atoms with Crippen molar-refractivity contribution in [2.45, 2.75) is 23.5 Å². The van der Waals surface area contributed by atoms with Gasteiger partial charge in [0.25, 0.3) is 5.91 Å². The van der Waals surface area contributed by atoms with Gasteiger partial charge < -0.3 is 14.4 Å². The van der Waals surface area contributed by atoms with E-state index < -0.39 is 15.8 Å². The van der Waals surface area contributed by atoms with Crippen LogP contribution in [0.1, 0.15) is 23.2 Å². The topological polar surface area (TPSA) is 76.2 Å². The maximum Gasteiger partial charge on any atom is 0.253 e. The second-order valence-electron chi connectivity index (χ2n) is 6.24. The van der Waals surface area contributed by atoms with Crippen molar-refractivity contribution < 1.29 is 22.7 Å². The van der Waals surface area contributed by atoms with Crippen LogP contribution in [0.5, 0.6) is 0 Å². The van der Waals surface area contributed by atoms with Crippen LogP contribution in [-0.2, 0) is 19.5 Å². The molecule has 0 bridgehead atoms. The Labute approximate surface area is 142 Å². The highest BCUT2D eigenvalue weighted by Gasteiger charge is 2.42. The van der Waals surface area contributed by atoms with Crippen molar-refractivity contribution >= 4 is 15.9 Å². The minimum absolute atomic E-state index is 0.158. The molecule has 7 nitrogen and oxygen atoms in total. The van der Waals surface area contributed by atoms with Crippen molar-refractivity contribution in [1.29, 1.82) is 0 Å². The summed E-state index contributed by atoms with van der Waals surface area (Å²) in [4.78, 5) is 13.5. The molecular formula is C16H22N2O5S. The lowest BCUT2D eigenvalue weighted by Crippen LogP contribution is -2.47. The van der Waals surface area contributed by atoms with Gasteiger partial charge in [-0.05, 0) is 24.3 Å². The summed E-state index contributed by atoms with van der Waals surface area (Å²) in [6.07, 6.45) is 1.06. The van der Waals surface area contributed by atoms with Gasteiger partial charge in [0.2, 0.25) is 10.0 Å². The fraction of sp³-hybridized carbons (Fsp3) is 0.562. The van der Waals surface area contributed by atoms with Crippen LogP contribution < -0.4 is 0 Å². The van der Waals surface area contributed by atoms with Crippen molar-refractivity contribution in [3.05, 3.63) is 29.8 Å². The molecule has 2 fully saturated rings. The number of sulfonamides is 1. The predicted octanol–water partition coefficient (Wildman–Crippen LogP) is 0.916. The molecule has 8 heteroatoms. The number of amides is 1. The van der Waals surface area contributed by atoms with Crippen LogP contribution in [-0.4, -0.2) is 69.7 Å². The van der Waals surface area contributed by atoms with Gasteiger partial charge in [0.05, 0.1) is 18.1 Å². The zero-order chi connectivity index (χ0) is 17.4. The number of ether oxygens (including phenoxy) is 2. The number of nitrogens with zero attached hydrogens (tertiary/aromatic N) is 2. The van der Waals surface area contributed by atoms with Crippen LogP contribution in [0.4, 0.5) is 0 Å². The summed E-state index contributed by atoms with van der Waals surface area (Å²) < 4.78 is 38.2. The minimum Gasteiger partial charge on any atom is -0.347 e. The van der Waals surface area contributed by atoms with E-state index in [1.165, 1.54) is 21.3 Å². The van der Waals surface area contributed by atoms with Crippen LogP contribution in [0.3, 0.4) is 0 Å². The molecule has 1 aromatic carbocycles. The predicted molar refractivity (Wildman–Crippen MR) is 87.1 cm³/mol. The van der Waals surface area contributed by atoms with Crippen LogP contribution in [0.2, 0.25) is 0 Å². The molecule has 1 spiro atoms. The normalized spacial score (nSPS) is 21.1. The molecule has 2 aliphatic heterocycles. The number of piperidine rings is 1. The largest absolute Gasteiger partial charge is 0.347 e. The Bertz CT molecular complexity index is 698. The first-order valence-corrected chi connectivity index (χ1v) is 9.38. The number of carbonyl (C=O) groups is 1. The Kier molecular flexibility index (Phi) is 4.65. The third kappa shape index (κ3) is 3.19. The van der Waals surface area contributed by atoms with Gasteiger partial charge in [-0.1, -0.05) is 0 Å². The lowest BCUT2D eigenvalue weighted by Gasteiger charge is -2.36.